The van der Waals surface area contributed by atoms with Gasteiger partial charge in [0.05, 0.1) is 5.60 Å². The lowest BCUT2D eigenvalue weighted by Crippen LogP contribution is -2.42. The predicted molar refractivity (Wildman–Crippen MR) is 146 cm³/mol. The monoisotopic (exact) mass is 460 g/mol. The summed E-state index contributed by atoms with van der Waals surface area (Å²) in [5.74, 6) is 0.868. The summed E-state index contributed by atoms with van der Waals surface area (Å²) in [7, 11) is 0. The van der Waals surface area contributed by atoms with Gasteiger partial charge in [-0.05, 0) is 48.2 Å². The minimum absolute atomic E-state index is 0.0526. The highest BCUT2D eigenvalue weighted by Gasteiger charge is 2.36. The first-order chi connectivity index (χ1) is 16.7. The van der Waals surface area contributed by atoms with Gasteiger partial charge in [-0.15, -0.1) is 0 Å². The number of nitrogens with one attached hydrogen (secondary N) is 1. The van der Waals surface area contributed by atoms with Gasteiger partial charge in [-0.3, -0.25) is 4.99 Å². The van der Waals surface area contributed by atoms with Crippen LogP contribution in [0.15, 0.2) is 108 Å². The Labute approximate surface area is 208 Å². The van der Waals surface area contributed by atoms with Crippen LogP contribution in [0.1, 0.15) is 56.0 Å². The van der Waals surface area contributed by atoms with Crippen molar-refractivity contribution in [2.24, 2.45) is 4.99 Å². The topological polar surface area (TPSA) is 44.6 Å². The van der Waals surface area contributed by atoms with Gasteiger partial charge >= 0.3 is 0 Å². The maximum atomic E-state index is 10.7. The van der Waals surface area contributed by atoms with E-state index >= 15 is 0 Å². The fourth-order valence-corrected chi connectivity index (χ4v) is 4.53. The maximum Gasteiger partial charge on any atom is 0.133 e. The van der Waals surface area contributed by atoms with Crippen molar-refractivity contribution >= 4 is 11.5 Å². The predicted octanol–water partition coefficient (Wildman–Crippen LogP) is 7.36. The number of amidine groups is 1. The zero-order valence-corrected chi connectivity index (χ0v) is 20.8. The highest BCUT2D eigenvalue weighted by Crippen LogP contribution is 2.38. The van der Waals surface area contributed by atoms with Crippen LogP contribution < -0.4 is 5.32 Å². The number of fused-ring (bicyclic) bond motifs is 1. The summed E-state index contributed by atoms with van der Waals surface area (Å²) in [5, 5.41) is 14.3. The smallest absolute Gasteiger partial charge is 0.133 e. The molecule has 0 spiro atoms. The molecule has 1 atom stereocenters. The van der Waals surface area contributed by atoms with Crippen molar-refractivity contribution < 1.29 is 5.11 Å². The number of rotatable bonds is 5. The number of aliphatic imine (C=N–C) groups is 1. The van der Waals surface area contributed by atoms with E-state index in [0.717, 1.165) is 33.8 Å². The standard InChI is InChI=1S/C32H32N2O/c1-31(2,32(3,4)35)26-17-11-15-24(21-26)23-14-10-16-25(20-23)30-33-28-19-9-8-18-27(28)29(34-30)22-12-6-5-7-13-22/h5-21,29,35H,1-4H3,(H,33,34). The van der Waals surface area contributed by atoms with Crippen LogP contribution in [0.4, 0.5) is 5.69 Å². The molecule has 1 heterocycles. The molecule has 1 aliphatic heterocycles. The van der Waals surface area contributed by atoms with Gasteiger partial charge in [0.1, 0.15) is 11.9 Å². The van der Waals surface area contributed by atoms with Crippen molar-refractivity contribution in [3.05, 3.63) is 125 Å². The lowest BCUT2D eigenvalue weighted by molar-refractivity contribution is 0.00966. The van der Waals surface area contributed by atoms with Gasteiger partial charge in [0, 0.05) is 22.2 Å². The van der Waals surface area contributed by atoms with E-state index in [-0.39, 0.29) is 11.5 Å². The molecule has 0 saturated carbocycles. The van der Waals surface area contributed by atoms with Crippen LogP contribution in [0, 0.1) is 0 Å². The largest absolute Gasteiger partial charge is 0.390 e. The number of hydrogen-bond acceptors (Lipinski definition) is 3. The van der Waals surface area contributed by atoms with Gasteiger partial charge in [-0.25, -0.2) is 0 Å². The van der Waals surface area contributed by atoms with Crippen LogP contribution in [0.25, 0.3) is 11.1 Å². The van der Waals surface area contributed by atoms with Crippen LogP contribution in [-0.4, -0.2) is 16.5 Å². The Kier molecular flexibility index (Phi) is 5.82. The van der Waals surface area contributed by atoms with Crippen LogP contribution in [-0.2, 0) is 5.41 Å². The Morgan fingerprint density at radius 2 is 1.31 bits per heavy atom. The molecule has 1 unspecified atom stereocenters. The summed E-state index contributed by atoms with van der Waals surface area (Å²) in [4.78, 5) is 5.16. The molecule has 0 bridgehead atoms. The Morgan fingerprint density at radius 3 is 2.06 bits per heavy atom. The molecule has 5 rings (SSSR count). The molecular formula is C32H32N2O. The first-order valence-corrected chi connectivity index (χ1v) is 12.2. The number of aliphatic hydroxyl groups is 1. The minimum Gasteiger partial charge on any atom is -0.390 e. The van der Waals surface area contributed by atoms with Crippen molar-refractivity contribution in [1.29, 1.82) is 0 Å². The summed E-state index contributed by atoms with van der Waals surface area (Å²) >= 11 is 0. The average Bonchev–Trinajstić information content (AvgIpc) is 2.88. The summed E-state index contributed by atoms with van der Waals surface area (Å²) < 4.78 is 0. The molecule has 0 fully saturated rings. The number of para-hydroxylation sites is 1. The van der Waals surface area contributed by atoms with Crippen molar-refractivity contribution in [2.75, 3.05) is 5.32 Å². The third kappa shape index (κ3) is 4.40. The summed E-state index contributed by atoms with van der Waals surface area (Å²) in [6.45, 7) is 7.91. The fraction of sp³-hybridized carbons (Fsp3) is 0.219. The quantitative estimate of drug-likeness (QED) is 0.327. The van der Waals surface area contributed by atoms with Crippen LogP contribution in [0.3, 0.4) is 0 Å². The molecule has 1 aliphatic rings. The van der Waals surface area contributed by atoms with Crippen LogP contribution >= 0.6 is 0 Å². The molecule has 3 heteroatoms. The maximum absolute atomic E-state index is 10.7. The second-order valence-electron chi connectivity index (χ2n) is 10.3. The van der Waals surface area contributed by atoms with E-state index < -0.39 is 5.60 Å². The van der Waals surface area contributed by atoms with Gasteiger partial charge < -0.3 is 10.4 Å². The number of nitrogens with zero attached hydrogens (tertiary/aromatic N) is 1. The highest BCUT2D eigenvalue weighted by molar-refractivity contribution is 6.10. The van der Waals surface area contributed by atoms with E-state index in [1.54, 1.807) is 0 Å². The molecule has 176 valence electrons. The van der Waals surface area contributed by atoms with E-state index in [4.69, 9.17) is 4.99 Å². The Hall–Kier alpha value is -3.69. The number of benzene rings is 4. The lowest BCUT2D eigenvalue weighted by atomic mass is 9.71. The molecule has 0 saturated heterocycles. The van der Waals surface area contributed by atoms with E-state index in [0.29, 0.717) is 0 Å². The van der Waals surface area contributed by atoms with E-state index in [1.807, 2.05) is 19.9 Å². The summed E-state index contributed by atoms with van der Waals surface area (Å²) in [5.41, 5.74) is 6.62. The van der Waals surface area contributed by atoms with Crippen molar-refractivity contribution in [2.45, 2.75) is 44.8 Å². The van der Waals surface area contributed by atoms with Gasteiger partial charge in [-0.2, -0.15) is 0 Å². The summed E-state index contributed by atoms with van der Waals surface area (Å²) in [6.07, 6.45) is 0. The minimum atomic E-state index is -0.839. The molecular weight excluding hydrogens is 428 g/mol. The molecule has 4 aromatic carbocycles. The number of anilines is 1. The first kappa shape index (κ1) is 23.1. The molecule has 4 aromatic rings. The zero-order chi connectivity index (χ0) is 24.6. The SMILES string of the molecule is CC(C)(O)C(C)(C)c1cccc(-c2cccc(C3=NC(c4ccccc4)c4ccccc4N3)c2)c1. The molecule has 0 aliphatic carbocycles. The van der Waals surface area contributed by atoms with Gasteiger partial charge in [-0.1, -0.05) is 105 Å². The van der Waals surface area contributed by atoms with Crippen molar-refractivity contribution in [1.82, 2.24) is 0 Å². The second kappa shape index (κ2) is 8.83. The van der Waals surface area contributed by atoms with Crippen LogP contribution in [0.5, 0.6) is 0 Å². The second-order valence-corrected chi connectivity index (χ2v) is 10.3. The van der Waals surface area contributed by atoms with Crippen LogP contribution in [0.2, 0.25) is 0 Å². The third-order valence-corrected chi connectivity index (χ3v) is 7.47. The summed E-state index contributed by atoms with van der Waals surface area (Å²) in [6, 6.07) is 35.8. The van der Waals surface area contributed by atoms with E-state index in [1.165, 1.54) is 11.1 Å². The normalized spacial score (nSPS) is 15.7. The number of hydrogen-bond donors (Lipinski definition) is 2. The molecule has 3 nitrogen and oxygen atoms in total. The molecule has 0 radical (unpaired) electrons. The van der Waals surface area contributed by atoms with E-state index in [2.05, 4.69) is 116 Å². The Bertz CT molecular complexity index is 1380. The first-order valence-electron chi connectivity index (χ1n) is 12.2. The van der Waals surface area contributed by atoms with Gasteiger partial charge in [0.15, 0.2) is 0 Å². The van der Waals surface area contributed by atoms with Crippen molar-refractivity contribution in [3.8, 4) is 11.1 Å². The van der Waals surface area contributed by atoms with E-state index in [9.17, 15) is 5.11 Å². The van der Waals surface area contributed by atoms with Gasteiger partial charge in [0.2, 0.25) is 0 Å². The average molecular weight is 461 g/mol. The lowest BCUT2D eigenvalue weighted by Gasteiger charge is -2.38. The molecule has 35 heavy (non-hydrogen) atoms. The van der Waals surface area contributed by atoms with Gasteiger partial charge in [0.25, 0.3) is 0 Å². The highest BCUT2D eigenvalue weighted by atomic mass is 16.3. The molecule has 0 amide bonds. The molecule has 2 N–H and O–H groups in total. The zero-order valence-electron chi connectivity index (χ0n) is 20.8. The molecule has 0 aromatic heterocycles. The Balaban J connectivity index is 1.55. The third-order valence-electron chi connectivity index (χ3n) is 7.47. The Morgan fingerprint density at radius 1 is 0.686 bits per heavy atom. The van der Waals surface area contributed by atoms with Crippen molar-refractivity contribution in [3.63, 3.8) is 0 Å². The fourth-order valence-electron chi connectivity index (χ4n) is 4.53.